The quantitative estimate of drug-likeness (QED) is 0.359. The fourth-order valence-electron chi connectivity index (χ4n) is 3.16. The molecule has 0 aliphatic rings. The van der Waals surface area contributed by atoms with Gasteiger partial charge in [0.25, 0.3) is 0 Å². The maximum absolute atomic E-state index is 11.8. The van der Waals surface area contributed by atoms with Crippen molar-refractivity contribution in [2.24, 2.45) is 0 Å². The number of halogens is 1. The summed E-state index contributed by atoms with van der Waals surface area (Å²) >= 11 is 6.55. The van der Waals surface area contributed by atoms with Crippen LogP contribution in [0.5, 0.6) is 11.5 Å². The van der Waals surface area contributed by atoms with Crippen LogP contribution < -0.4 is 14.8 Å². The average molecular weight is 454 g/mol. The van der Waals surface area contributed by atoms with E-state index < -0.39 is 0 Å². The van der Waals surface area contributed by atoms with Gasteiger partial charge in [0, 0.05) is 23.3 Å². The van der Waals surface area contributed by atoms with E-state index in [4.69, 9.17) is 25.8 Å². The lowest BCUT2D eigenvalue weighted by atomic mass is 10.1. The van der Waals surface area contributed by atoms with Gasteiger partial charge < -0.3 is 19.5 Å². The Morgan fingerprint density at radius 2 is 1.62 bits per heavy atom. The molecule has 0 heterocycles. The number of anilines is 1. The monoisotopic (exact) mass is 453 g/mol. The van der Waals surface area contributed by atoms with Crippen LogP contribution in [-0.4, -0.2) is 19.2 Å². The second-order valence-electron chi connectivity index (χ2n) is 7.19. The zero-order chi connectivity index (χ0) is 22.9. The molecule has 32 heavy (non-hydrogen) atoms. The van der Waals surface area contributed by atoms with Crippen molar-refractivity contribution >= 4 is 23.3 Å². The third-order valence-electron chi connectivity index (χ3n) is 4.94. The lowest BCUT2D eigenvalue weighted by Gasteiger charge is -2.16. The Labute approximate surface area is 194 Å². The van der Waals surface area contributed by atoms with Crippen molar-refractivity contribution in [2.45, 2.75) is 33.9 Å². The van der Waals surface area contributed by atoms with Crippen molar-refractivity contribution in [3.05, 3.63) is 87.9 Å². The summed E-state index contributed by atoms with van der Waals surface area (Å²) in [5.41, 5.74) is 4.55. The van der Waals surface area contributed by atoms with Crippen LogP contribution in [0.15, 0.2) is 60.7 Å². The van der Waals surface area contributed by atoms with Crippen molar-refractivity contribution in [2.75, 3.05) is 18.5 Å². The third-order valence-corrected chi connectivity index (χ3v) is 5.29. The molecule has 0 spiro atoms. The first-order valence-corrected chi connectivity index (χ1v) is 11.0. The zero-order valence-electron chi connectivity index (χ0n) is 18.6. The zero-order valence-corrected chi connectivity index (χ0v) is 19.4. The van der Waals surface area contributed by atoms with E-state index in [2.05, 4.69) is 18.3 Å². The van der Waals surface area contributed by atoms with E-state index in [1.807, 2.05) is 43.3 Å². The minimum absolute atomic E-state index is 0.329. The highest BCUT2D eigenvalue weighted by Crippen LogP contribution is 2.34. The van der Waals surface area contributed by atoms with Crippen molar-refractivity contribution in [1.29, 1.82) is 0 Å². The highest BCUT2D eigenvalue weighted by molar-refractivity contribution is 6.31. The van der Waals surface area contributed by atoms with Crippen molar-refractivity contribution in [3.63, 3.8) is 0 Å². The number of aryl methyl sites for hydroxylation is 1. The van der Waals surface area contributed by atoms with Gasteiger partial charge in [0.15, 0.2) is 11.5 Å². The maximum atomic E-state index is 11.8. The van der Waals surface area contributed by atoms with Crippen LogP contribution in [0.4, 0.5) is 5.69 Å². The molecular weight excluding hydrogens is 426 g/mol. The second-order valence-corrected chi connectivity index (χ2v) is 7.60. The summed E-state index contributed by atoms with van der Waals surface area (Å²) in [6.45, 7) is 7.58. The summed E-state index contributed by atoms with van der Waals surface area (Å²) in [4.78, 5) is 11.8. The molecule has 3 aromatic rings. The minimum Gasteiger partial charge on any atom is -0.490 e. The Kier molecular flexibility index (Phi) is 8.40. The van der Waals surface area contributed by atoms with E-state index in [9.17, 15) is 4.79 Å². The fourth-order valence-corrected chi connectivity index (χ4v) is 3.38. The largest absolute Gasteiger partial charge is 0.490 e. The molecule has 0 unspecified atom stereocenters. The summed E-state index contributed by atoms with van der Waals surface area (Å²) in [5.74, 6) is 0.937. The molecule has 0 radical (unpaired) electrons. The molecule has 6 heteroatoms. The van der Waals surface area contributed by atoms with E-state index in [1.165, 1.54) is 5.56 Å². The van der Waals surface area contributed by atoms with Crippen molar-refractivity contribution in [1.82, 2.24) is 0 Å². The third kappa shape index (κ3) is 6.17. The first-order chi connectivity index (χ1) is 15.5. The second kappa shape index (κ2) is 11.4. The van der Waals surface area contributed by atoms with Crippen LogP contribution in [0.3, 0.4) is 0 Å². The summed E-state index contributed by atoms with van der Waals surface area (Å²) in [6, 6.07) is 18.9. The van der Waals surface area contributed by atoms with Gasteiger partial charge in [-0.1, -0.05) is 35.9 Å². The number of carbonyl (C=O) groups is 1. The normalized spacial score (nSPS) is 10.5. The summed E-state index contributed by atoms with van der Waals surface area (Å²) < 4.78 is 16.9. The molecule has 0 fully saturated rings. The predicted molar refractivity (Wildman–Crippen MR) is 128 cm³/mol. The van der Waals surface area contributed by atoms with Gasteiger partial charge in [-0.2, -0.15) is 0 Å². The van der Waals surface area contributed by atoms with Gasteiger partial charge in [-0.05, 0) is 67.8 Å². The molecule has 0 aliphatic heterocycles. The van der Waals surface area contributed by atoms with E-state index >= 15 is 0 Å². The molecule has 0 aromatic heterocycles. The number of hydrogen-bond acceptors (Lipinski definition) is 5. The fraction of sp³-hybridized carbons (Fsp3) is 0.269. The highest BCUT2D eigenvalue weighted by Gasteiger charge is 2.12. The molecule has 0 saturated heterocycles. The summed E-state index contributed by atoms with van der Waals surface area (Å²) in [7, 11) is 0. The molecule has 1 N–H and O–H groups in total. The smallest absolute Gasteiger partial charge is 0.338 e. The summed E-state index contributed by atoms with van der Waals surface area (Å²) in [5, 5.41) is 3.91. The molecule has 5 nitrogen and oxygen atoms in total. The lowest BCUT2D eigenvalue weighted by molar-refractivity contribution is 0.0526. The van der Waals surface area contributed by atoms with Gasteiger partial charge in [0.1, 0.15) is 6.61 Å². The van der Waals surface area contributed by atoms with Gasteiger partial charge >= 0.3 is 5.97 Å². The van der Waals surface area contributed by atoms with E-state index in [1.54, 1.807) is 25.1 Å². The van der Waals surface area contributed by atoms with Gasteiger partial charge in [-0.3, -0.25) is 0 Å². The molecule has 0 saturated carbocycles. The number of rotatable bonds is 10. The molecule has 3 aromatic carbocycles. The van der Waals surface area contributed by atoms with Crippen LogP contribution in [0.2, 0.25) is 5.02 Å². The molecule has 0 bridgehead atoms. The number of benzene rings is 3. The van der Waals surface area contributed by atoms with E-state index in [-0.39, 0.29) is 5.97 Å². The topological polar surface area (TPSA) is 56.8 Å². The standard InChI is InChI=1S/C26H28ClNO4/c1-4-30-24-14-21(16-28-22-12-10-19(11-13-22)26(29)31-5-2)23(27)15-25(24)32-17-20-9-7-6-8-18(20)3/h6-15,28H,4-5,16-17H2,1-3H3. The Bertz CT molecular complexity index is 1050. The Morgan fingerprint density at radius 3 is 2.31 bits per heavy atom. The first-order valence-electron chi connectivity index (χ1n) is 10.6. The van der Waals surface area contributed by atoms with E-state index in [0.717, 1.165) is 16.8 Å². The first kappa shape index (κ1) is 23.5. The Balaban J connectivity index is 1.70. The number of carbonyl (C=O) groups excluding carboxylic acids is 1. The van der Waals surface area contributed by atoms with Crippen LogP contribution in [0.1, 0.15) is 40.9 Å². The number of nitrogens with one attached hydrogen (secondary N) is 1. The molecule has 0 aliphatic carbocycles. The van der Waals surface area contributed by atoms with Crippen molar-refractivity contribution in [3.8, 4) is 11.5 Å². The number of ether oxygens (including phenoxy) is 3. The molecule has 3 rings (SSSR count). The van der Waals surface area contributed by atoms with Gasteiger partial charge in [0.2, 0.25) is 0 Å². The van der Waals surface area contributed by atoms with Crippen molar-refractivity contribution < 1.29 is 19.0 Å². The van der Waals surface area contributed by atoms with Gasteiger partial charge in [-0.15, -0.1) is 0 Å². The summed E-state index contributed by atoms with van der Waals surface area (Å²) in [6.07, 6.45) is 0. The predicted octanol–water partition coefficient (Wildman–Crippen LogP) is 6.41. The average Bonchev–Trinajstić information content (AvgIpc) is 2.79. The van der Waals surface area contributed by atoms with E-state index in [0.29, 0.717) is 48.5 Å². The SMILES string of the molecule is CCOC(=O)c1ccc(NCc2cc(OCC)c(OCc3ccccc3C)cc2Cl)cc1. The Hall–Kier alpha value is -3.18. The molecular formula is C26H28ClNO4. The Morgan fingerprint density at radius 1 is 0.906 bits per heavy atom. The molecule has 0 atom stereocenters. The van der Waals surface area contributed by atoms with Crippen LogP contribution in [0.25, 0.3) is 0 Å². The highest BCUT2D eigenvalue weighted by atomic mass is 35.5. The van der Waals surface area contributed by atoms with Crippen LogP contribution in [-0.2, 0) is 17.9 Å². The number of hydrogen-bond donors (Lipinski definition) is 1. The molecule has 168 valence electrons. The number of esters is 1. The van der Waals surface area contributed by atoms with Crippen LogP contribution >= 0.6 is 11.6 Å². The van der Waals surface area contributed by atoms with Crippen LogP contribution in [0, 0.1) is 6.92 Å². The van der Waals surface area contributed by atoms with Gasteiger partial charge in [0.05, 0.1) is 18.8 Å². The van der Waals surface area contributed by atoms with Gasteiger partial charge in [-0.25, -0.2) is 4.79 Å². The minimum atomic E-state index is -0.329. The lowest BCUT2D eigenvalue weighted by Crippen LogP contribution is -2.06. The maximum Gasteiger partial charge on any atom is 0.338 e. The molecule has 0 amide bonds.